The standard InChI is InChI=1S/C21H28F3NO6/c1-19(2,3)31-18(27)25-20(13-29-12-16(20)17(26)28-4)14-6-8-15(9-7-14)30-11-5-10-21(22,23)24/h6-9,16H,5,10-13H2,1-4H3,(H,25,27)/t16-,20+/m0/s1. The number of methoxy groups -OCH3 is 1. The van der Waals surface area contributed by atoms with E-state index in [1.807, 2.05) is 0 Å². The molecule has 1 aromatic carbocycles. The molecular weight excluding hydrogens is 419 g/mol. The number of hydrogen-bond acceptors (Lipinski definition) is 6. The van der Waals surface area contributed by atoms with E-state index in [0.29, 0.717) is 11.3 Å². The molecule has 0 spiro atoms. The minimum Gasteiger partial charge on any atom is -0.494 e. The molecule has 2 atom stereocenters. The molecule has 1 aliphatic heterocycles. The number of carbonyl (C=O) groups excluding carboxylic acids is 2. The fraction of sp³-hybridized carbons (Fsp3) is 0.619. The fourth-order valence-electron chi connectivity index (χ4n) is 3.27. The molecule has 10 heteroatoms. The number of ether oxygens (including phenoxy) is 4. The Bertz CT molecular complexity index is 760. The van der Waals surface area contributed by atoms with Gasteiger partial charge in [-0.3, -0.25) is 4.79 Å². The molecule has 0 aliphatic carbocycles. The molecule has 0 unspecified atom stereocenters. The van der Waals surface area contributed by atoms with Gasteiger partial charge in [0.05, 0.1) is 26.9 Å². The zero-order valence-electron chi connectivity index (χ0n) is 18.0. The van der Waals surface area contributed by atoms with E-state index in [1.165, 1.54) is 7.11 Å². The van der Waals surface area contributed by atoms with Gasteiger partial charge in [0.2, 0.25) is 0 Å². The van der Waals surface area contributed by atoms with Gasteiger partial charge in [-0.05, 0) is 44.9 Å². The summed E-state index contributed by atoms with van der Waals surface area (Å²) in [4.78, 5) is 24.9. The van der Waals surface area contributed by atoms with Crippen molar-refractivity contribution in [3.05, 3.63) is 29.8 Å². The third-order valence-electron chi connectivity index (χ3n) is 4.66. The molecule has 31 heavy (non-hydrogen) atoms. The van der Waals surface area contributed by atoms with Crippen LogP contribution < -0.4 is 10.1 Å². The summed E-state index contributed by atoms with van der Waals surface area (Å²) < 4.78 is 57.8. The van der Waals surface area contributed by atoms with E-state index in [1.54, 1.807) is 45.0 Å². The quantitative estimate of drug-likeness (QED) is 0.504. The summed E-state index contributed by atoms with van der Waals surface area (Å²) in [5, 5.41) is 2.77. The number of rotatable bonds is 7. The predicted octanol–water partition coefficient (Wildman–Crippen LogP) is 3.95. The minimum absolute atomic E-state index is 0.0117. The maximum Gasteiger partial charge on any atom is 0.408 e. The third kappa shape index (κ3) is 7.02. The maximum atomic E-state index is 12.5. The Morgan fingerprint density at radius 2 is 1.84 bits per heavy atom. The van der Waals surface area contributed by atoms with E-state index in [4.69, 9.17) is 18.9 Å². The van der Waals surface area contributed by atoms with Crippen LogP contribution in [-0.4, -0.2) is 50.8 Å². The van der Waals surface area contributed by atoms with Gasteiger partial charge in [0.15, 0.2) is 0 Å². The van der Waals surface area contributed by atoms with Crippen LogP contribution in [0.3, 0.4) is 0 Å². The van der Waals surface area contributed by atoms with E-state index >= 15 is 0 Å². The molecule has 1 amide bonds. The molecule has 7 nitrogen and oxygen atoms in total. The molecule has 1 aliphatic rings. The Balaban J connectivity index is 2.20. The fourth-order valence-corrected chi connectivity index (χ4v) is 3.27. The van der Waals surface area contributed by atoms with Crippen molar-refractivity contribution < 1.29 is 41.7 Å². The highest BCUT2D eigenvalue weighted by Crippen LogP contribution is 2.37. The molecule has 1 heterocycles. The molecule has 0 aromatic heterocycles. The highest BCUT2D eigenvalue weighted by Gasteiger charge is 2.51. The van der Waals surface area contributed by atoms with E-state index in [2.05, 4.69) is 5.32 Å². The zero-order chi connectivity index (χ0) is 23.3. The molecule has 1 fully saturated rings. The maximum absolute atomic E-state index is 12.5. The van der Waals surface area contributed by atoms with Crippen LogP contribution in [0.4, 0.5) is 18.0 Å². The normalized spacial score (nSPS) is 21.5. The second kappa shape index (κ2) is 9.76. The summed E-state index contributed by atoms with van der Waals surface area (Å²) >= 11 is 0. The molecule has 174 valence electrons. The van der Waals surface area contributed by atoms with Crippen molar-refractivity contribution in [3.63, 3.8) is 0 Å². The summed E-state index contributed by atoms with van der Waals surface area (Å²) in [7, 11) is 1.25. The highest BCUT2D eigenvalue weighted by atomic mass is 19.4. The lowest BCUT2D eigenvalue weighted by atomic mass is 9.80. The van der Waals surface area contributed by atoms with Gasteiger partial charge in [-0.2, -0.15) is 13.2 Å². The Hall–Kier alpha value is -2.49. The van der Waals surface area contributed by atoms with Crippen molar-refractivity contribution in [2.24, 2.45) is 5.92 Å². The Labute approximate surface area is 179 Å². The lowest BCUT2D eigenvalue weighted by Gasteiger charge is -2.34. The summed E-state index contributed by atoms with van der Waals surface area (Å²) in [6, 6.07) is 6.38. The van der Waals surface area contributed by atoms with Crippen molar-refractivity contribution in [1.82, 2.24) is 5.32 Å². The van der Waals surface area contributed by atoms with Crippen molar-refractivity contribution in [2.45, 2.75) is 50.9 Å². The topological polar surface area (TPSA) is 83.1 Å². The average Bonchev–Trinajstić information content (AvgIpc) is 3.07. The van der Waals surface area contributed by atoms with Gasteiger partial charge in [0.25, 0.3) is 0 Å². The van der Waals surface area contributed by atoms with Gasteiger partial charge in [-0.1, -0.05) is 12.1 Å². The van der Waals surface area contributed by atoms with Crippen LogP contribution in [0.2, 0.25) is 0 Å². The molecule has 0 saturated carbocycles. The smallest absolute Gasteiger partial charge is 0.408 e. The van der Waals surface area contributed by atoms with Crippen LogP contribution in [0, 0.1) is 5.92 Å². The van der Waals surface area contributed by atoms with Crippen molar-refractivity contribution in [2.75, 3.05) is 26.9 Å². The molecule has 1 saturated heterocycles. The first-order valence-electron chi connectivity index (χ1n) is 9.83. The van der Waals surface area contributed by atoms with Crippen LogP contribution in [0.1, 0.15) is 39.2 Å². The molecule has 2 rings (SSSR count). The molecule has 0 bridgehead atoms. The van der Waals surface area contributed by atoms with Crippen LogP contribution in [0.25, 0.3) is 0 Å². The molecular formula is C21H28F3NO6. The second-order valence-electron chi connectivity index (χ2n) is 8.28. The van der Waals surface area contributed by atoms with E-state index < -0.39 is 41.7 Å². The van der Waals surface area contributed by atoms with Gasteiger partial charge >= 0.3 is 18.2 Å². The number of alkyl carbamates (subject to hydrolysis) is 1. The first-order chi connectivity index (χ1) is 14.4. The number of benzene rings is 1. The molecule has 1 aromatic rings. The third-order valence-corrected chi connectivity index (χ3v) is 4.66. The molecule has 1 N–H and O–H groups in total. The first kappa shape index (κ1) is 24.8. The SMILES string of the molecule is COC(=O)[C@@H]1COC[C@@]1(NC(=O)OC(C)(C)C)c1ccc(OCCCC(F)(F)F)cc1. The van der Waals surface area contributed by atoms with Crippen molar-refractivity contribution in [3.8, 4) is 5.75 Å². The van der Waals surface area contributed by atoms with Gasteiger partial charge in [-0.15, -0.1) is 0 Å². The number of esters is 1. The van der Waals surface area contributed by atoms with Gasteiger partial charge in [0, 0.05) is 6.42 Å². The predicted molar refractivity (Wildman–Crippen MR) is 105 cm³/mol. The minimum atomic E-state index is -4.22. The Morgan fingerprint density at radius 3 is 2.39 bits per heavy atom. The highest BCUT2D eigenvalue weighted by molar-refractivity contribution is 5.78. The monoisotopic (exact) mass is 447 g/mol. The Morgan fingerprint density at radius 1 is 1.19 bits per heavy atom. The number of alkyl halides is 3. The Kier molecular flexibility index (Phi) is 7.80. The van der Waals surface area contributed by atoms with E-state index in [0.717, 1.165) is 0 Å². The first-order valence-corrected chi connectivity index (χ1v) is 9.83. The summed E-state index contributed by atoms with van der Waals surface area (Å²) in [5.74, 6) is -1.00. The van der Waals surface area contributed by atoms with Gasteiger partial charge in [0.1, 0.15) is 22.8 Å². The number of nitrogens with one attached hydrogen (secondary N) is 1. The van der Waals surface area contributed by atoms with Crippen molar-refractivity contribution >= 4 is 12.1 Å². The lowest BCUT2D eigenvalue weighted by Crippen LogP contribution is -2.54. The average molecular weight is 447 g/mol. The van der Waals surface area contributed by atoms with Crippen LogP contribution >= 0.6 is 0 Å². The number of amides is 1. The van der Waals surface area contributed by atoms with E-state index in [9.17, 15) is 22.8 Å². The van der Waals surface area contributed by atoms with Gasteiger partial charge in [-0.25, -0.2) is 4.79 Å². The summed E-state index contributed by atoms with van der Waals surface area (Å²) in [6.07, 6.45) is -6.03. The molecule has 0 radical (unpaired) electrons. The number of hydrogen-bond donors (Lipinski definition) is 1. The zero-order valence-corrected chi connectivity index (χ0v) is 18.0. The van der Waals surface area contributed by atoms with Crippen LogP contribution in [0.5, 0.6) is 5.75 Å². The van der Waals surface area contributed by atoms with Gasteiger partial charge < -0.3 is 24.3 Å². The second-order valence-corrected chi connectivity index (χ2v) is 8.28. The number of carbonyl (C=O) groups is 2. The summed E-state index contributed by atoms with van der Waals surface area (Å²) in [6.45, 7) is 5.11. The number of halogens is 3. The largest absolute Gasteiger partial charge is 0.494 e. The van der Waals surface area contributed by atoms with Crippen LogP contribution in [-0.2, 0) is 24.5 Å². The summed E-state index contributed by atoms with van der Waals surface area (Å²) in [5.41, 5.74) is -1.43. The van der Waals surface area contributed by atoms with Crippen LogP contribution in [0.15, 0.2) is 24.3 Å². The van der Waals surface area contributed by atoms with E-state index in [-0.39, 0.29) is 26.2 Å². The lowest BCUT2D eigenvalue weighted by molar-refractivity contribution is -0.147. The van der Waals surface area contributed by atoms with Crippen molar-refractivity contribution in [1.29, 1.82) is 0 Å².